The Morgan fingerprint density at radius 2 is 2.11 bits per heavy atom. The van der Waals surface area contributed by atoms with Gasteiger partial charge in [-0.15, -0.1) is 11.6 Å². The molecule has 1 rings (SSSR count). The van der Waals surface area contributed by atoms with Crippen LogP contribution >= 0.6 is 11.6 Å². The number of piperidine rings is 1. The summed E-state index contributed by atoms with van der Waals surface area (Å²) in [5.41, 5.74) is 0. The third-order valence-corrected chi connectivity index (χ3v) is 4.85. The number of hydrogen-bond acceptors (Lipinski definition) is 3. The molecular weight excluding hydrogens is 272 g/mol. The van der Waals surface area contributed by atoms with Gasteiger partial charge in [-0.3, -0.25) is 0 Å². The van der Waals surface area contributed by atoms with Crippen LogP contribution in [-0.4, -0.2) is 62.5 Å². The monoisotopic (exact) mass is 296 g/mol. The molecule has 1 aliphatic rings. The zero-order valence-electron chi connectivity index (χ0n) is 11.4. The van der Waals surface area contributed by atoms with Gasteiger partial charge in [0.25, 0.3) is 0 Å². The van der Waals surface area contributed by atoms with Crippen molar-refractivity contribution in [2.45, 2.75) is 26.2 Å². The molecule has 0 saturated carbocycles. The number of alkyl halides is 1. The first-order chi connectivity index (χ1) is 8.47. The second-order valence-corrected chi connectivity index (χ2v) is 7.48. The molecule has 6 heteroatoms. The summed E-state index contributed by atoms with van der Waals surface area (Å²) in [6.45, 7) is 6.41. The van der Waals surface area contributed by atoms with Crippen molar-refractivity contribution >= 4 is 21.6 Å². The number of halogens is 1. The first-order valence-corrected chi connectivity index (χ1v) is 9.09. The van der Waals surface area contributed by atoms with Crippen molar-refractivity contribution in [3.63, 3.8) is 0 Å². The highest BCUT2D eigenvalue weighted by molar-refractivity contribution is 7.88. The lowest BCUT2D eigenvalue weighted by Crippen LogP contribution is -2.43. The normalized spacial score (nSPS) is 22.6. The van der Waals surface area contributed by atoms with Crippen molar-refractivity contribution in [3.8, 4) is 0 Å². The second-order valence-electron chi connectivity index (χ2n) is 5.12. The molecule has 0 aliphatic carbocycles. The van der Waals surface area contributed by atoms with E-state index >= 15 is 0 Å². The molecular formula is C12H25ClN2O2S. The Balaban J connectivity index is 2.50. The van der Waals surface area contributed by atoms with Crippen LogP contribution in [0.4, 0.5) is 0 Å². The molecule has 1 heterocycles. The Kier molecular flexibility index (Phi) is 6.92. The van der Waals surface area contributed by atoms with Gasteiger partial charge in [0.1, 0.15) is 0 Å². The van der Waals surface area contributed by atoms with Crippen LogP contribution in [0.2, 0.25) is 0 Å². The molecule has 0 aromatic carbocycles. The lowest BCUT2D eigenvalue weighted by atomic mass is 9.99. The van der Waals surface area contributed by atoms with Crippen molar-refractivity contribution in [2.75, 3.05) is 44.9 Å². The van der Waals surface area contributed by atoms with E-state index in [9.17, 15) is 8.42 Å². The maximum absolute atomic E-state index is 11.6. The second kappa shape index (κ2) is 7.68. The summed E-state index contributed by atoms with van der Waals surface area (Å²) in [5.74, 6) is 1.09. The fraction of sp³-hybridized carbons (Fsp3) is 1.00. The fourth-order valence-electron chi connectivity index (χ4n) is 2.57. The average Bonchev–Trinajstić information content (AvgIpc) is 2.29. The van der Waals surface area contributed by atoms with Gasteiger partial charge in [-0.2, -0.15) is 0 Å². The van der Waals surface area contributed by atoms with Gasteiger partial charge in [0.05, 0.1) is 6.26 Å². The summed E-state index contributed by atoms with van der Waals surface area (Å²) < 4.78 is 24.7. The first-order valence-electron chi connectivity index (χ1n) is 6.70. The average molecular weight is 297 g/mol. The molecule has 0 aromatic heterocycles. The molecule has 108 valence electrons. The summed E-state index contributed by atoms with van der Waals surface area (Å²) in [6, 6.07) is 0. The summed E-state index contributed by atoms with van der Waals surface area (Å²) in [7, 11) is -3.03. The lowest BCUT2D eigenvalue weighted by molar-refractivity contribution is 0.184. The van der Waals surface area contributed by atoms with Crippen LogP contribution in [-0.2, 0) is 10.0 Å². The van der Waals surface area contributed by atoms with Crippen LogP contribution in [0.25, 0.3) is 0 Å². The predicted molar refractivity (Wildman–Crippen MR) is 76.6 cm³/mol. The minimum absolute atomic E-state index is 0.447. The minimum atomic E-state index is -3.03. The van der Waals surface area contributed by atoms with E-state index in [1.165, 1.54) is 6.26 Å². The van der Waals surface area contributed by atoms with Crippen LogP contribution in [0.3, 0.4) is 0 Å². The third kappa shape index (κ3) is 5.43. The van der Waals surface area contributed by atoms with Crippen molar-refractivity contribution in [3.05, 3.63) is 0 Å². The van der Waals surface area contributed by atoms with Crippen LogP contribution in [0, 0.1) is 5.92 Å². The third-order valence-electron chi connectivity index (χ3n) is 3.41. The van der Waals surface area contributed by atoms with Crippen molar-refractivity contribution in [1.82, 2.24) is 9.21 Å². The predicted octanol–water partition coefficient (Wildman–Crippen LogP) is 1.61. The van der Waals surface area contributed by atoms with Crippen molar-refractivity contribution in [1.29, 1.82) is 0 Å². The minimum Gasteiger partial charge on any atom is -0.302 e. The van der Waals surface area contributed by atoms with Gasteiger partial charge in [0.2, 0.25) is 10.0 Å². The van der Waals surface area contributed by atoms with Crippen molar-refractivity contribution < 1.29 is 8.42 Å². The molecule has 1 fully saturated rings. The van der Waals surface area contributed by atoms with Gasteiger partial charge in [-0.05, 0) is 31.7 Å². The Hall–Kier alpha value is 0.160. The summed E-state index contributed by atoms with van der Waals surface area (Å²) in [4.78, 5) is 2.35. The van der Waals surface area contributed by atoms with E-state index in [1.807, 2.05) is 0 Å². The maximum Gasteiger partial charge on any atom is 0.211 e. The van der Waals surface area contributed by atoms with E-state index in [0.717, 1.165) is 38.9 Å². The molecule has 0 aromatic rings. The van der Waals surface area contributed by atoms with Crippen LogP contribution in [0.5, 0.6) is 0 Å². The van der Waals surface area contributed by atoms with E-state index in [1.54, 1.807) is 4.31 Å². The zero-order valence-corrected chi connectivity index (χ0v) is 13.0. The molecule has 1 atom stereocenters. The Morgan fingerprint density at radius 1 is 1.39 bits per heavy atom. The van der Waals surface area contributed by atoms with Gasteiger partial charge in [-0.25, -0.2) is 12.7 Å². The van der Waals surface area contributed by atoms with Gasteiger partial charge < -0.3 is 4.90 Å². The standard InChI is InChI=1S/C12H25ClN2O2S/c1-3-7-14(9-6-13)10-12-5-4-8-15(11-12)18(2,16)17/h12H,3-11H2,1-2H3. The van der Waals surface area contributed by atoms with E-state index in [-0.39, 0.29) is 0 Å². The number of sulfonamides is 1. The summed E-state index contributed by atoms with van der Waals surface area (Å²) >= 11 is 5.80. The number of hydrogen-bond donors (Lipinski definition) is 0. The van der Waals surface area contributed by atoms with E-state index in [2.05, 4.69) is 11.8 Å². The summed E-state index contributed by atoms with van der Waals surface area (Å²) in [6.07, 6.45) is 4.50. The van der Waals surface area contributed by atoms with E-state index in [4.69, 9.17) is 11.6 Å². The zero-order chi connectivity index (χ0) is 13.6. The van der Waals surface area contributed by atoms with E-state index < -0.39 is 10.0 Å². The quantitative estimate of drug-likeness (QED) is 0.670. The van der Waals surface area contributed by atoms with Crippen LogP contribution in [0.1, 0.15) is 26.2 Å². The first kappa shape index (κ1) is 16.2. The maximum atomic E-state index is 11.6. The number of nitrogens with zero attached hydrogens (tertiary/aromatic N) is 2. The van der Waals surface area contributed by atoms with E-state index in [0.29, 0.717) is 24.9 Å². The highest BCUT2D eigenvalue weighted by Gasteiger charge is 2.26. The molecule has 0 spiro atoms. The Bertz CT molecular complexity index is 329. The topological polar surface area (TPSA) is 40.6 Å². The van der Waals surface area contributed by atoms with Gasteiger partial charge in [-0.1, -0.05) is 6.92 Å². The molecule has 1 aliphatic heterocycles. The van der Waals surface area contributed by atoms with Gasteiger partial charge in [0, 0.05) is 32.1 Å². The molecule has 0 amide bonds. The van der Waals surface area contributed by atoms with Gasteiger partial charge in [0.15, 0.2) is 0 Å². The molecule has 18 heavy (non-hydrogen) atoms. The number of rotatable bonds is 7. The molecule has 0 radical (unpaired) electrons. The van der Waals surface area contributed by atoms with Crippen LogP contribution in [0.15, 0.2) is 0 Å². The molecule has 1 unspecified atom stereocenters. The fourth-order valence-corrected chi connectivity index (χ4v) is 3.75. The molecule has 0 N–H and O–H groups in total. The highest BCUT2D eigenvalue weighted by atomic mass is 35.5. The Labute approximate surface area is 116 Å². The van der Waals surface area contributed by atoms with Gasteiger partial charge >= 0.3 is 0 Å². The molecule has 1 saturated heterocycles. The highest BCUT2D eigenvalue weighted by Crippen LogP contribution is 2.19. The largest absolute Gasteiger partial charge is 0.302 e. The molecule has 4 nitrogen and oxygen atoms in total. The lowest BCUT2D eigenvalue weighted by Gasteiger charge is -2.34. The SMILES string of the molecule is CCCN(CCCl)CC1CCCN(S(C)(=O)=O)C1. The van der Waals surface area contributed by atoms with Crippen LogP contribution < -0.4 is 0 Å². The summed E-state index contributed by atoms with van der Waals surface area (Å²) in [5, 5.41) is 0. The smallest absolute Gasteiger partial charge is 0.211 e. The molecule has 0 bridgehead atoms. The Morgan fingerprint density at radius 3 is 2.67 bits per heavy atom. The van der Waals surface area contributed by atoms with Crippen molar-refractivity contribution in [2.24, 2.45) is 5.92 Å².